The van der Waals surface area contributed by atoms with Gasteiger partial charge < -0.3 is 9.47 Å². The zero-order valence-electron chi connectivity index (χ0n) is 18.0. The Labute approximate surface area is 166 Å². The smallest absolute Gasteiger partial charge is 0.310 e. The fraction of sp³-hybridized carbons (Fsp3) is 0.957. The summed E-state index contributed by atoms with van der Waals surface area (Å²) in [6.07, 6.45) is 9.19. The van der Waals surface area contributed by atoms with Gasteiger partial charge in [0, 0.05) is 31.5 Å². The van der Waals surface area contributed by atoms with Crippen LogP contribution in [0.4, 0.5) is 0 Å². The highest BCUT2D eigenvalue weighted by molar-refractivity contribution is 5.75. The van der Waals surface area contributed by atoms with Crippen LogP contribution in [-0.4, -0.2) is 49.8 Å². The quantitative estimate of drug-likeness (QED) is 0.658. The first kappa shape index (κ1) is 21.1. The van der Waals surface area contributed by atoms with Gasteiger partial charge in [0.25, 0.3) is 0 Å². The second-order valence-corrected chi connectivity index (χ2v) is 9.30. The van der Waals surface area contributed by atoms with Crippen molar-refractivity contribution in [3.63, 3.8) is 0 Å². The van der Waals surface area contributed by atoms with Crippen LogP contribution < -0.4 is 0 Å². The van der Waals surface area contributed by atoms with Crippen LogP contribution in [0.2, 0.25) is 0 Å². The Bertz CT molecular complexity index is 484. The molecule has 4 aliphatic rings. The van der Waals surface area contributed by atoms with E-state index in [1.54, 1.807) is 0 Å². The number of esters is 1. The second kappa shape index (κ2) is 9.26. The minimum Gasteiger partial charge on any atom is -0.461 e. The zero-order chi connectivity index (χ0) is 19.4. The number of hydrogen-bond acceptors (Lipinski definition) is 4. The number of morpholine rings is 1. The molecule has 1 spiro atoms. The molecule has 0 N–H and O–H groups in total. The summed E-state index contributed by atoms with van der Waals surface area (Å²) in [5.41, 5.74) is 0.535. The minimum atomic E-state index is 0.0759. The summed E-state index contributed by atoms with van der Waals surface area (Å²) in [6, 6.07) is 0. The zero-order valence-corrected chi connectivity index (χ0v) is 18.0. The first-order valence-electron chi connectivity index (χ1n) is 11.6. The second-order valence-electron chi connectivity index (χ2n) is 9.30. The monoisotopic (exact) mass is 379 g/mol. The first-order valence-corrected chi connectivity index (χ1v) is 11.6. The molecule has 0 aromatic carbocycles. The lowest BCUT2D eigenvalue weighted by Gasteiger charge is -2.34. The van der Waals surface area contributed by atoms with E-state index in [0.29, 0.717) is 17.3 Å². The molecule has 4 nitrogen and oxygen atoms in total. The third-order valence-corrected chi connectivity index (χ3v) is 7.52. The number of cyclic esters (lactones) is 1. The van der Waals surface area contributed by atoms with Crippen molar-refractivity contribution < 1.29 is 14.3 Å². The average molecular weight is 380 g/mol. The van der Waals surface area contributed by atoms with Gasteiger partial charge in [-0.15, -0.1) is 0 Å². The van der Waals surface area contributed by atoms with Gasteiger partial charge in [0.2, 0.25) is 0 Å². The Morgan fingerprint density at radius 3 is 2.26 bits per heavy atom. The largest absolute Gasteiger partial charge is 0.461 e. The van der Waals surface area contributed by atoms with Gasteiger partial charge in [-0.25, -0.2) is 0 Å². The summed E-state index contributed by atoms with van der Waals surface area (Å²) in [7, 11) is 0. The minimum absolute atomic E-state index is 0.0759. The van der Waals surface area contributed by atoms with Crippen molar-refractivity contribution in [3.8, 4) is 0 Å². The van der Waals surface area contributed by atoms with Gasteiger partial charge in [0.15, 0.2) is 0 Å². The predicted octanol–water partition coefficient (Wildman–Crippen LogP) is 4.52. The molecule has 0 radical (unpaired) electrons. The van der Waals surface area contributed by atoms with Crippen LogP contribution in [0.1, 0.15) is 72.6 Å². The summed E-state index contributed by atoms with van der Waals surface area (Å²) in [5, 5.41) is 0. The van der Waals surface area contributed by atoms with Crippen molar-refractivity contribution in [2.24, 2.45) is 29.1 Å². The molecule has 0 unspecified atom stereocenters. The van der Waals surface area contributed by atoms with Gasteiger partial charge in [-0.1, -0.05) is 40.5 Å². The lowest BCUT2D eigenvalue weighted by atomic mass is 9.73. The maximum atomic E-state index is 12.7. The van der Waals surface area contributed by atoms with Gasteiger partial charge in [0.05, 0.1) is 19.1 Å². The maximum absolute atomic E-state index is 12.7. The molecule has 2 heterocycles. The van der Waals surface area contributed by atoms with Gasteiger partial charge in [-0.2, -0.15) is 0 Å². The summed E-state index contributed by atoms with van der Waals surface area (Å²) >= 11 is 0. The molecule has 2 aliphatic carbocycles. The van der Waals surface area contributed by atoms with Crippen molar-refractivity contribution >= 4 is 5.97 Å². The SMILES string of the molecule is CCC.CC[C@@H]1CCC2(CC2)[C@@H]1[C@H]1OC(=O)[C@@H](CN2CCOCC2)[C@@H]1CC. The molecule has 0 aromatic heterocycles. The van der Waals surface area contributed by atoms with Crippen LogP contribution in [0.25, 0.3) is 0 Å². The highest BCUT2D eigenvalue weighted by Crippen LogP contribution is 2.66. The number of carbonyl (C=O) groups is 1. The first-order chi connectivity index (χ1) is 13.1. The molecule has 5 atom stereocenters. The van der Waals surface area contributed by atoms with Gasteiger partial charge in [0.1, 0.15) is 6.10 Å². The Hall–Kier alpha value is -0.610. The van der Waals surface area contributed by atoms with E-state index >= 15 is 0 Å². The van der Waals surface area contributed by atoms with E-state index in [4.69, 9.17) is 9.47 Å². The Morgan fingerprint density at radius 2 is 1.70 bits per heavy atom. The van der Waals surface area contributed by atoms with Crippen molar-refractivity contribution in [2.75, 3.05) is 32.8 Å². The topological polar surface area (TPSA) is 38.8 Å². The molecular formula is C23H41NO3. The number of ether oxygens (including phenoxy) is 2. The van der Waals surface area contributed by atoms with Crippen LogP contribution in [0.15, 0.2) is 0 Å². The molecule has 0 amide bonds. The molecule has 156 valence electrons. The molecule has 2 saturated heterocycles. The molecular weight excluding hydrogens is 338 g/mol. The molecule has 2 aliphatic heterocycles. The molecule has 0 bridgehead atoms. The Morgan fingerprint density at radius 1 is 1.04 bits per heavy atom. The van der Waals surface area contributed by atoms with Crippen molar-refractivity contribution in [2.45, 2.75) is 78.7 Å². The maximum Gasteiger partial charge on any atom is 0.310 e. The molecule has 2 saturated carbocycles. The van der Waals surface area contributed by atoms with E-state index in [9.17, 15) is 4.79 Å². The number of rotatable bonds is 5. The highest BCUT2D eigenvalue weighted by atomic mass is 16.6. The molecule has 27 heavy (non-hydrogen) atoms. The summed E-state index contributed by atoms with van der Waals surface area (Å²) in [4.78, 5) is 15.1. The Kier molecular flexibility index (Phi) is 7.24. The van der Waals surface area contributed by atoms with Crippen LogP contribution >= 0.6 is 0 Å². The van der Waals surface area contributed by atoms with E-state index in [1.165, 1.54) is 38.5 Å². The van der Waals surface area contributed by atoms with Crippen LogP contribution in [0, 0.1) is 29.1 Å². The number of hydrogen-bond donors (Lipinski definition) is 0. The molecule has 4 fully saturated rings. The lowest BCUT2D eigenvalue weighted by Crippen LogP contribution is -2.42. The number of carbonyl (C=O) groups excluding carboxylic acids is 1. The third-order valence-electron chi connectivity index (χ3n) is 7.52. The summed E-state index contributed by atoms with van der Waals surface area (Å²) < 4.78 is 11.6. The molecule has 4 heteroatoms. The van der Waals surface area contributed by atoms with Gasteiger partial charge in [-0.3, -0.25) is 9.69 Å². The average Bonchev–Trinajstić information content (AvgIpc) is 3.26. The fourth-order valence-electron chi connectivity index (χ4n) is 5.98. The van der Waals surface area contributed by atoms with Crippen molar-refractivity contribution in [3.05, 3.63) is 0 Å². The van der Waals surface area contributed by atoms with Crippen molar-refractivity contribution in [1.82, 2.24) is 4.90 Å². The van der Waals surface area contributed by atoms with Crippen LogP contribution in [0.5, 0.6) is 0 Å². The molecule has 0 aromatic rings. The number of nitrogens with zero attached hydrogens (tertiary/aromatic N) is 1. The van der Waals surface area contributed by atoms with Gasteiger partial charge in [-0.05, 0) is 43.4 Å². The lowest BCUT2D eigenvalue weighted by molar-refractivity contribution is -0.147. The van der Waals surface area contributed by atoms with Gasteiger partial charge >= 0.3 is 5.97 Å². The van der Waals surface area contributed by atoms with E-state index < -0.39 is 0 Å². The normalized spacial score (nSPS) is 37.8. The highest BCUT2D eigenvalue weighted by Gasteiger charge is 2.62. The standard InChI is InChI=1S/C20H33NO3.C3H8/c1-3-14-5-6-20(7-8-20)17(14)18-15(4-2)16(19(22)24-18)13-21-9-11-23-12-10-21;1-3-2/h14-18H,3-13H2,1-2H3;3H2,1-2H3/t14-,15+,16+,17+,18+;/m1./s1. The van der Waals surface area contributed by atoms with E-state index in [2.05, 4.69) is 32.6 Å². The Balaban J connectivity index is 0.000000659. The van der Waals surface area contributed by atoms with Crippen LogP contribution in [-0.2, 0) is 14.3 Å². The fourth-order valence-corrected chi connectivity index (χ4v) is 5.98. The molecule has 4 rings (SSSR count). The third kappa shape index (κ3) is 4.37. The van der Waals surface area contributed by atoms with Crippen LogP contribution in [0.3, 0.4) is 0 Å². The van der Waals surface area contributed by atoms with E-state index in [0.717, 1.165) is 45.2 Å². The summed E-state index contributed by atoms with van der Waals surface area (Å²) in [6.45, 7) is 13.2. The predicted molar refractivity (Wildman–Crippen MR) is 109 cm³/mol. The summed E-state index contributed by atoms with van der Waals surface area (Å²) in [5.74, 6) is 1.96. The van der Waals surface area contributed by atoms with Crippen molar-refractivity contribution in [1.29, 1.82) is 0 Å². The van der Waals surface area contributed by atoms with E-state index in [-0.39, 0.29) is 18.0 Å². The van der Waals surface area contributed by atoms with E-state index in [1.807, 2.05) is 0 Å².